The Balaban J connectivity index is 2.08. The lowest BCUT2D eigenvalue weighted by atomic mass is 9.89. The topological polar surface area (TPSA) is 22.1 Å². The molecule has 3 heteroatoms. The molecule has 1 heterocycles. The lowest BCUT2D eigenvalue weighted by molar-refractivity contribution is 0.289. The second-order valence-electron chi connectivity index (χ2n) is 5.06. The maximum atomic E-state index is 5.79. The molecule has 90 valence electrons. The summed E-state index contributed by atoms with van der Waals surface area (Å²) in [6, 6.07) is 10.2. The number of ether oxygens (including phenoxy) is 1. The molecule has 0 N–H and O–H groups in total. The Morgan fingerprint density at radius 3 is 2.53 bits per heavy atom. The number of benzene rings is 1. The number of nitrogens with zero attached hydrogens (tertiary/aromatic N) is 1. The zero-order chi connectivity index (χ0) is 12.3. The van der Waals surface area contributed by atoms with Gasteiger partial charge in [0.25, 0.3) is 0 Å². The molecule has 0 atom stereocenters. The second kappa shape index (κ2) is 4.88. The molecule has 0 aliphatic carbocycles. The minimum atomic E-state index is 0.0824. The summed E-state index contributed by atoms with van der Waals surface area (Å²) >= 11 is 1.45. The van der Waals surface area contributed by atoms with Gasteiger partial charge in [0, 0.05) is 10.9 Å². The fourth-order valence-electron chi connectivity index (χ4n) is 1.55. The first-order valence-corrected chi connectivity index (χ1v) is 6.52. The van der Waals surface area contributed by atoms with Gasteiger partial charge in [-0.15, -0.1) is 0 Å². The predicted octanol–water partition coefficient (Wildman–Crippen LogP) is 4.02. The number of aromatic nitrogens is 1. The summed E-state index contributed by atoms with van der Waals surface area (Å²) in [5.74, 6) is 0.770. The third-order valence-corrected chi connectivity index (χ3v) is 3.18. The molecule has 0 bridgehead atoms. The zero-order valence-corrected chi connectivity index (χ0v) is 11.3. The Labute approximate surface area is 106 Å². The van der Waals surface area contributed by atoms with E-state index in [1.807, 2.05) is 18.2 Å². The standard InChI is InChI=1S/C14H17NOS/c1-14(2,3)12-10-17-15-13(12)16-9-11-7-5-4-6-8-11/h4-8,10H,9H2,1-3H3. The fourth-order valence-corrected chi connectivity index (χ4v) is 2.41. The minimum Gasteiger partial charge on any atom is -0.472 e. The SMILES string of the molecule is CC(C)(C)c1csnc1OCc1ccccc1. The first kappa shape index (κ1) is 12.1. The van der Waals surface area contributed by atoms with E-state index >= 15 is 0 Å². The van der Waals surface area contributed by atoms with Crippen LogP contribution < -0.4 is 4.74 Å². The van der Waals surface area contributed by atoms with E-state index in [4.69, 9.17) is 4.74 Å². The van der Waals surface area contributed by atoms with Crippen LogP contribution in [0.5, 0.6) is 5.88 Å². The molecule has 0 saturated carbocycles. The monoisotopic (exact) mass is 247 g/mol. The molecular weight excluding hydrogens is 230 g/mol. The summed E-state index contributed by atoms with van der Waals surface area (Å²) in [5, 5.41) is 2.07. The van der Waals surface area contributed by atoms with Crippen LogP contribution in [0.3, 0.4) is 0 Å². The van der Waals surface area contributed by atoms with Crippen molar-refractivity contribution in [1.29, 1.82) is 0 Å². The molecule has 0 amide bonds. The summed E-state index contributed by atoms with van der Waals surface area (Å²) in [7, 11) is 0. The first-order valence-electron chi connectivity index (χ1n) is 5.69. The molecule has 0 radical (unpaired) electrons. The van der Waals surface area contributed by atoms with Crippen LogP contribution >= 0.6 is 11.5 Å². The van der Waals surface area contributed by atoms with Crippen LogP contribution in [-0.4, -0.2) is 4.37 Å². The summed E-state index contributed by atoms with van der Waals surface area (Å²) < 4.78 is 10.1. The van der Waals surface area contributed by atoms with Crippen molar-refractivity contribution >= 4 is 11.5 Å². The zero-order valence-electron chi connectivity index (χ0n) is 10.4. The Morgan fingerprint density at radius 2 is 1.88 bits per heavy atom. The summed E-state index contributed by atoms with van der Waals surface area (Å²) in [5.41, 5.74) is 2.43. The van der Waals surface area contributed by atoms with Crippen LogP contribution in [-0.2, 0) is 12.0 Å². The largest absolute Gasteiger partial charge is 0.472 e. The van der Waals surface area contributed by atoms with Gasteiger partial charge in [0.15, 0.2) is 0 Å². The highest BCUT2D eigenvalue weighted by molar-refractivity contribution is 7.03. The van der Waals surface area contributed by atoms with E-state index in [-0.39, 0.29) is 5.41 Å². The second-order valence-corrected chi connectivity index (χ2v) is 5.69. The van der Waals surface area contributed by atoms with Crippen LogP contribution in [0.4, 0.5) is 0 Å². The fraction of sp³-hybridized carbons (Fsp3) is 0.357. The van der Waals surface area contributed by atoms with Crippen molar-refractivity contribution in [3.8, 4) is 5.88 Å². The van der Waals surface area contributed by atoms with Gasteiger partial charge >= 0.3 is 0 Å². The van der Waals surface area contributed by atoms with Crippen molar-refractivity contribution in [2.45, 2.75) is 32.8 Å². The normalized spacial score (nSPS) is 11.5. The number of hydrogen-bond donors (Lipinski definition) is 0. The maximum Gasteiger partial charge on any atom is 0.229 e. The third kappa shape index (κ3) is 3.07. The molecule has 1 aromatic carbocycles. The predicted molar refractivity (Wildman–Crippen MR) is 71.6 cm³/mol. The summed E-state index contributed by atoms with van der Waals surface area (Å²) in [6.45, 7) is 7.10. The Kier molecular flexibility index (Phi) is 3.48. The highest BCUT2D eigenvalue weighted by atomic mass is 32.1. The molecule has 2 aromatic rings. The lowest BCUT2D eigenvalue weighted by Crippen LogP contribution is -2.12. The van der Waals surface area contributed by atoms with Gasteiger partial charge in [0.2, 0.25) is 5.88 Å². The third-order valence-electron chi connectivity index (χ3n) is 2.56. The van der Waals surface area contributed by atoms with Crippen LogP contribution in [0.15, 0.2) is 35.7 Å². The van der Waals surface area contributed by atoms with Gasteiger partial charge in [0.05, 0.1) is 0 Å². The molecule has 0 aliphatic heterocycles. The van der Waals surface area contributed by atoms with Gasteiger partial charge < -0.3 is 4.74 Å². The van der Waals surface area contributed by atoms with Gasteiger partial charge in [-0.25, -0.2) is 0 Å². The summed E-state index contributed by atoms with van der Waals surface area (Å²) in [6.07, 6.45) is 0. The molecule has 0 fully saturated rings. The highest BCUT2D eigenvalue weighted by Gasteiger charge is 2.21. The molecule has 2 rings (SSSR count). The minimum absolute atomic E-state index is 0.0824. The molecule has 2 nitrogen and oxygen atoms in total. The van der Waals surface area contributed by atoms with E-state index in [1.54, 1.807) is 0 Å². The van der Waals surface area contributed by atoms with Gasteiger partial charge in [-0.3, -0.25) is 0 Å². The van der Waals surface area contributed by atoms with Crippen molar-refractivity contribution < 1.29 is 4.74 Å². The number of hydrogen-bond acceptors (Lipinski definition) is 3. The first-order chi connectivity index (χ1) is 8.07. The quantitative estimate of drug-likeness (QED) is 0.817. The lowest BCUT2D eigenvalue weighted by Gasteiger charge is -2.18. The highest BCUT2D eigenvalue weighted by Crippen LogP contribution is 2.32. The van der Waals surface area contributed by atoms with Gasteiger partial charge in [0.1, 0.15) is 6.61 Å². The smallest absolute Gasteiger partial charge is 0.229 e. The molecule has 0 spiro atoms. The van der Waals surface area contributed by atoms with Crippen LogP contribution in [0.2, 0.25) is 0 Å². The molecule has 1 aromatic heterocycles. The average molecular weight is 247 g/mol. The average Bonchev–Trinajstić information content (AvgIpc) is 2.75. The van der Waals surface area contributed by atoms with Crippen LogP contribution in [0.25, 0.3) is 0 Å². The molecule has 17 heavy (non-hydrogen) atoms. The van der Waals surface area contributed by atoms with Crippen molar-refractivity contribution in [3.05, 3.63) is 46.8 Å². The molecule has 0 saturated heterocycles. The Hall–Kier alpha value is -1.35. The Morgan fingerprint density at radius 1 is 1.18 bits per heavy atom. The number of rotatable bonds is 3. The van der Waals surface area contributed by atoms with E-state index in [1.165, 1.54) is 22.7 Å². The van der Waals surface area contributed by atoms with Gasteiger partial charge in [-0.1, -0.05) is 51.1 Å². The van der Waals surface area contributed by atoms with E-state index < -0.39 is 0 Å². The van der Waals surface area contributed by atoms with Crippen LogP contribution in [0.1, 0.15) is 31.9 Å². The van der Waals surface area contributed by atoms with E-state index in [2.05, 4.69) is 42.7 Å². The van der Waals surface area contributed by atoms with Gasteiger partial charge in [-0.2, -0.15) is 4.37 Å². The summed E-state index contributed by atoms with van der Waals surface area (Å²) in [4.78, 5) is 0. The van der Waals surface area contributed by atoms with E-state index in [0.717, 1.165) is 5.88 Å². The van der Waals surface area contributed by atoms with Crippen molar-refractivity contribution in [2.75, 3.05) is 0 Å². The maximum absolute atomic E-state index is 5.79. The van der Waals surface area contributed by atoms with E-state index in [9.17, 15) is 0 Å². The van der Waals surface area contributed by atoms with E-state index in [0.29, 0.717) is 6.61 Å². The van der Waals surface area contributed by atoms with Crippen molar-refractivity contribution in [2.24, 2.45) is 0 Å². The van der Waals surface area contributed by atoms with Crippen molar-refractivity contribution in [1.82, 2.24) is 4.37 Å². The van der Waals surface area contributed by atoms with Crippen molar-refractivity contribution in [3.63, 3.8) is 0 Å². The van der Waals surface area contributed by atoms with Gasteiger partial charge in [-0.05, 0) is 22.5 Å². The Bertz CT molecular complexity index is 470. The molecule has 0 aliphatic rings. The van der Waals surface area contributed by atoms with Crippen LogP contribution in [0, 0.1) is 0 Å². The molecule has 0 unspecified atom stereocenters. The molecular formula is C14H17NOS.